The van der Waals surface area contributed by atoms with E-state index in [2.05, 4.69) is 23.0 Å². The highest BCUT2D eigenvalue weighted by Gasteiger charge is 2.30. The average Bonchev–Trinajstić information content (AvgIpc) is 3.62. The number of aromatic nitrogens is 1. The van der Waals surface area contributed by atoms with Crippen molar-refractivity contribution in [3.63, 3.8) is 0 Å². The first-order chi connectivity index (χ1) is 17.4. The molecule has 1 aromatic carbocycles. The minimum atomic E-state index is -1.20. The molecule has 3 aliphatic rings. The van der Waals surface area contributed by atoms with Gasteiger partial charge in [-0.05, 0) is 57.4 Å². The van der Waals surface area contributed by atoms with Gasteiger partial charge in [-0.15, -0.1) is 11.3 Å². The number of hydrogen-bond donors (Lipinski definition) is 1. The van der Waals surface area contributed by atoms with Gasteiger partial charge in [-0.1, -0.05) is 0 Å². The van der Waals surface area contributed by atoms with Gasteiger partial charge >= 0.3 is 5.97 Å². The van der Waals surface area contributed by atoms with Crippen LogP contribution in [-0.2, 0) is 6.42 Å². The third kappa shape index (κ3) is 4.00. The van der Waals surface area contributed by atoms with Crippen LogP contribution in [0.5, 0.6) is 5.75 Å². The van der Waals surface area contributed by atoms with E-state index in [4.69, 9.17) is 9.84 Å². The van der Waals surface area contributed by atoms with E-state index in [1.165, 1.54) is 16.6 Å². The molecule has 1 N–H and O–H groups in total. The minimum absolute atomic E-state index is 0.189. The molecule has 0 amide bonds. The van der Waals surface area contributed by atoms with Gasteiger partial charge in [0.1, 0.15) is 5.56 Å². The molecule has 188 valence electrons. The van der Waals surface area contributed by atoms with Crippen molar-refractivity contribution in [3.8, 4) is 16.2 Å². The van der Waals surface area contributed by atoms with Gasteiger partial charge in [-0.2, -0.15) is 5.10 Å². The molecule has 1 aliphatic heterocycles. The molecule has 2 aliphatic carbocycles. The Morgan fingerprint density at radius 2 is 1.92 bits per heavy atom. The fraction of sp³-hybridized carbons (Fsp3) is 0.444. The van der Waals surface area contributed by atoms with Crippen LogP contribution in [0.2, 0.25) is 0 Å². The molecule has 0 bridgehead atoms. The minimum Gasteiger partial charge on any atom is -0.494 e. The monoisotopic (exact) mass is 506 g/mol. The number of ether oxygens (including phenoxy) is 1. The van der Waals surface area contributed by atoms with Crippen molar-refractivity contribution in [2.75, 3.05) is 40.3 Å². The molecule has 3 aromatic rings. The molecular formula is C27H30N4O4S. The number of hydrogen-bond acceptors (Lipinski definition) is 7. The average molecular weight is 507 g/mol. The number of piperazine rings is 1. The largest absolute Gasteiger partial charge is 0.494 e. The molecule has 0 atom stereocenters. The van der Waals surface area contributed by atoms with Gasteiger partial charge in [-0.3, -0.25) is 9.80 Å². The molecule has 1 saturated carbocycles. The summed E-state index contributed by atoms with van der Waals surface area (Å²) in [5.74, 6) is -0.568. The van der Waals surface area contributed by atoms with Gasteiger partial charge < -0.3 is 19.3 Å². The van der Waals surface area contributed by atoms with Gasteiger partial charge in [0.25, 0.3) is 0 Å². The van der Waals surface area contributed by atoms with Gasteiger partial charge in [-0.25, -0.2) is 4.79 Å². The normalized spacial score (nSPS) is 19.6. The van der Waals surface area contributed by atoms with E-state index < -0.39 is 11.4 Å². The molecule has 3 heterocycles. The van der Waals surface area contributed by atoms with Crippen LogP contribution in [0.1, 0.15) is 52.5 Å². The van der Waals surface area contributed by atoms with Gasteiger partial charge in [0.2, 0.25) is 5.43 Å². The Hall–Kier alpha value is -3.17. The summed E-state index contributed by atoms with van der Waals surface area (Å²) in [4.78, 5) is 29.5. The van der Waals surface area contributed by atoms with E-state index >= 15 is 0 Å². The molecule has 2 aromatic heterocycles. The smallest absolute Gasteiger partial charge is 0.341 e. The Morgan fingerprint density at radius 3 is 2.61 bits per heavy atom. The lowest BCUT2D eigenvalue weighted by atomic mass is 9.96. The number of hydrazone groups is 1. The zero-order chi connectivity index (χ0) is 25.0. The molecular weight excluding hydrogens is 476 g/mol. The predicted molar refractivity (Wildman–Crippen MR) is 142 cm³/mol. The number of thiophene rings is 1. The third-order valence-corrected chi connectivity index (χ3v) is 8.69. The summed E-state index contributed by atoms with van der Waals surface area (Å²) in [5.41, 5.74) is 3.34. The fourth-order valence-electron chi connectivity index (χ4n) is 5.32. The summed E-state index contributed by atoms with van der Waals surface area (Å²) in [6.07, 6.45) is 6.52. The van der Waals surface area contributed by atoms with Crippen molar-refractivity contribution < 1.29 is 14.6 Å². The summed E-state index contributed by atoms with van der Waals surface area (Å²) in [6, 6.07) is 6.08. The summed E-state index contributed by atoms with van der Waals surface area (Å²) in [6.45, 7) is 3.95. The van der Waals surface area contributed by atoms with Crippen molar-refractivity contribution in [2.24, 2.45) is 5.10 Å². The Labute approximate surface area is 213 Å². The van der Waals surface area contributed by atoms with Crippen LogP contribution < -0.4 is 10.2 Å². The first-order valence-corrected chi connectivity index (χ1v) is 13.4. The number of pyridine rings is 1. The second kappa shape index (κ2) is 9.05. The Morgan fingerprint density at radius 1 is 1.14 bits per heavy atom. The third-order valence-electron chi connectivity index (χ3n) is 7.47. The molecule has 0 radical (unpaired) electrons. The van der Waals surface area contributed by atoms with E-state index in [0.29, 0.717) is 16.7 Å². The van der Waals surface area contributed by atoms with E-state index in [1.807, 2.05) is 10.6 Å². The van der Waals surface area contributed by atoms with Crippen LogP contribution in [-0.4, -0.2) is 71.6 Å². The van der Waals surface area contributed by atoms with Crippen molar-refractivity contribution in [2.45, 2.75) is 38.1 Å². The van der Waals surface area contributed by atoms with Crippen LogP contribution >= 0.6 is 11.3 Å². The van der Waals surface area contributed by atoms with E-state index in [-0.39, 0.29) is 11.6 Å². The summed E-state index contributed by atoms with van der Waals surface area (Å²) in [5, 5.41) is 17.2. The summed E-state index contributed by atoms with van der Waals surface area (Å²) >= 11 is 1.77. The van der Waals surface area contributed by atoms with Crippen LogP contribution in [0.4, 0.5) is 0 Å². The number of carboxylic acid groups (broad SMARTS) is 1. The maximum Gasteiger partial charge on any atom is 0.341 e. The Balaban J connectivity index is 1.46. The molecule has 0 spiro atoms. The zero-order valence-corrected chi connectivity index (χ0v) is 21.4. The first-order valence-electron chi connectivity index (χ1n) is 12.6. The molecule has 2 fully saturated rings. The Bertz CT molecular complexity index is 1440. The number of carboxylic acids is 1. The number of aryl methyl sites for hydroxylation is 1. The second-order valence-corrected chi connectivity index (χ2v) is 11.1. The molecule has 9 heteroatoms. The van der Waals surface area contributed by atoms with E-state index in [9.17, 15) is 14.7 Å². The number of likely N-dealkylation sites (N-methyl/N-ethyl adjacent to an activating group) is 1. The lowest BCUT2D eigenvalue weighted by Crippen LogP contribution is -2.42. The number of nitrogens with zero attached hydrogens (tertiary/aromatic N) is 4. The van der Waals surface area contributed by atoms with Gasteiger partial charge in [0, 0.05) is 59.3 Å². The number of benzene rings is 1. The number of fused-ring (bicyclic) bond motifs is 2. The maximum absolute atomic E-state index is 13.0. The van der Waals surface area contributed by atoms with Crippen molar-refractivity contribution in [3.05, 3.63) is 50.6 Å². The lowest BCUT2D eigenvalue weighted by Gasteiger charge is -2.31. The molecule has 6 rings (SSSR count). The SMILES string of the molecule is COc1c(-c2cc3c(s2)CCCC3=NN2CCN(C)CC2)ccc2c(=O)c(C(=O)O)cn(C3CC3)c12. The summed E-state index contributed by atoms with van der Waals surface area (Å²) in [7, 11) is 3.77. The topological polar surface area (TPSA) is 87.4 Å². The van der Waals surface area contributed by atoms with Crippen molar-refractivity contribution >= 4 is 33.9 Å². The fourth-order valence-corrected chi connectivity index (χ4v) is 6.57. The molecule has 36 heavy (non-hydrogen) atoms. The highest BCUT2D eigenvalue weighted by Crippen LogP contribution is 2.45. The quantitative estimate of drug-likeness (QED) is 0.562. The highest BCUT2D eigenvalue weighted by atomic mass is 32.1. The lowest BCUT2D eigenvalue weighted by molar-refractivity contribution is 0.0695. The Kier molecular flexibility index (Phi) is 5.84. The summed E-state index contributed by atoms with van der Waals surface area (Å²) < 4.78 is 7.87. The number of methoxy groups -OCH3 is 1. The number of aromatic carboxylic acids is 1. The highest BCUT2D eigenvalue weighted by molar-refractivity contribution is 7.16. The number of rotatable bonds is 5. The van der Waals surface area contributed by atoms with E-state index in [0.717, 1.165) is 74.4 Å². The molecule has 1 saturated heterocycles. The predicted octanol–water partition coefficient (Wildman–Crippen LogP) is 4.06. The van der Waals surface area contributed by atoms with Crippen LogP contribution in [0.25, 0.3) is 21.3 Å². The van der Waals surface area contributed by atoms with Crippen LogP contribution in [0, 0.1) is 0 Å². The van der Waals surface area contributed by atoms with Gasteiger partial charge in [0.05, 0.1) is 23.7 Å². The van der Waals surface area contributed by atoms with Crippen molar-refractivity contribution in [1.29, 1.82) is 0 Å². The van der Waals surface area contributed by atoms with Gasteiger partial charge in [0.15, 0.2) is 5.75 Å². The van der Waals surface area contributed by atoms with Crippen LogP contribution in [0.3, 0.4) is 0 Å². The van der Waals surface area contributed by atoms with E-state index in [1.54, 1.807) is 24.5 Å². The molecule has 8 nitrogen and oxygen atoms in total. The first kappa shape index (κ1) is 23.2. The maximum atomic E-state index is 13.0. The molecule has 0 unspecified atom stereocenters. The van der Waals surface area contributed by atoms with Crippen molar-refractivity contribution in [1.82, 2.24) is 14.5 Å². The van der Waals surface area contributed by atoms with Crippen LogP contribution in [0.15, 0.2) is 34.3 Å². The number of carbonyl (C=O) groups is 1. The zero-order valence-electron chi connectivity index (χ0n) is 20.6. The second-order valence-electron chi connectivity index (χ2n) is 9.96. The standard InChI is InChI=1S/C27H30N4O4S/c1-29-10-12-30(13-11-29)28-21-4-3-5-22-19(21)14-23(36-22)17-8-9-18-24(26(17)35-2)31(16-6-7-16)15-20(25(18)32)27(33)34/h8-9,14-16H,3-7,10-13H2,1-2H3,(H,33,34).